The molecule has 3 heteroatoms. The molecule has 0 saturated carbocycles. The van der Waals surface area contributed by atoms with E-state index in [0.717, 1.165) is 44.7 Å². The summed E-state index contributed by atoms with van der Waals surface area (Å²) in [5, 5.41) is 4.70. The predicted octanol–water partition coefficient (Wildman–Crippen LogP) is 11.8. The van der Waals surface area contributed by atoms with Gasteiger partial charge in [0.05, 0.1) is 11.0 Å². The Morgan fingerprint density at radius 1 is 0.422 bits per heavy atom. The molecule has 0 unspecified atom stereocenters. The predicted molar refractivity (Wildman–Crippen MR) is 188 cm³/mol. The molecule has 0 N–H and O–H groups in total. The van der Waals surface area contributed by atoms with Crippen LogP contribution in [0.1, 0.15) is 0 Å². The highest BCUT2D eigenvalue weighted by molar-refractivity contribution is 6.17. The number of rotatable bonds is 5. The molecule has 9 rings (SSSR count). The van der Waals surface area contributed by atoms with Crippen molar-refractivity contribution in [3.8, 4) is 16.8 Å². The molecule has 0 aliphatic rings. The summed E-state index contributed by atoms with van der Waals surface area (Å²) in [4.78, 5) is 2.32. The zero-order chi connectivity index (χ0) is 29.7. The van der Waals surface area contributed by atoms with Crippen molar-refractivity contribution in [2.45, 2.75) is 0 Å². The van der Waals surface area contributed by atoms with Crippen LogP contribution >= 0.6 is 0 Å². The quantitative estimate of drug-likeness (QED) is 0.203. The van der Waals surface area contributed by atoms with Gasteiger partial charge in [-0.15, -0.1) is 0 Å². The van der Waals surface area contributed by atoms with Crippen LogP contribution in [-0.2, 0) is 0 Å². The van der Waals surface area contributed by atoms with E-state index in [-0.39, 0.29) is 0 Å². The molecule has 2 aromatic heterocycles. The minimum atomic E-state index is 0.878. The van der Waals surface area contributed by atoms with Crippen molar-refractivity contribution in [3.05, 3.63) is 170 Å². The first-order chi connectivity index (χ1) is 22.3. The smallest absolute Gasteiger partial charge is 0.137 e. The van der Waals surface area contributed by atoms with Gasteiger partial charge < -0.3 is 13.9 Å². The van der Waals surface area contributed by atoms with E-state index in [1.165, 1.54) is 32.9 Å². The van der Waals surface area contributed by atoms with Crippen LogP contribution in [0.25, 0.3) is 60.6 Å². The van der Waals surface area contributed by atoms with Gasteiger partial charge in [0.25, 0.3) is 0 Å². The lowest BCUT2D eigenvalue weighted by molar-refractivity contribution is 0.669. The molecule has 0 aliphatic heterocycles. The third-order valence-electron chi connectivity index (χ3n) is 8.77. The summed E-state index contributed by atoms with van der Waals surface area (Å²) in [6, 6.07) is 60.2. The lowest BCUT2D eigenvalue weighted by Gasteiger charge is -2.25. The summed E-state index contributed by atoms with van der Waals surface area (Å²) in [6.45, 7) is 0. The van der Waals surface area contributed by atoms with Gasteiger partial charge in [0.2, 0.25) is 0 Å². The fourth-order valence-electron chi connectivity index (χ4n) is 6.79. The number of nitrogens with zero attached hydrogens (tertiary/aromatic N) is 2. The molecule has 9 aromatic rings. The van der Waals surface area contributed by atoms with Crippen LogP contribution in [0.5, 0.6) is 0 Å². The maximum absolute atomic E-state index is 6.33. The fraction of sp³-hybridized carbons (Fsp3) is 0. The van der Waals surface area contributed by atoms with E-state index in [1.54, 1.807) is 0 Å². The standard InChI is InChI=1S/C42H28N2O/c1-4-13-29(14-5-1)34-20-12-21-39-42(34)37-27-32(24-26-38(37)44(39)31-17-8-3-9-18-31)43(30-15-6-2-7-16-30)33-23-25-36-35-19-10-11-22-40(35)45-41(36)28-33/h1-28H. The van der Waals surface area contributed by atoms with Gasteiger partial charge in [0.1, 0.15) is 11.2 Å². The molecule has 0 bridgehead atoms. The molecule has 0 atom stereocenters. The Hall–Kier alpha value is -6.06. The van der Waals surface area contributed by atoms with Crippen molar-refractivity contribution < 1.29 is 4.42 Å². The Kier molecular flexibility index (Phi) is 5.82. The van der Waals surface area contributed by atoms with Crippen molar-refractivity contribution in [1.29, 1.82) is 0 Å². The molecule has 3 nitrogen and oxygen atoms in total. The molecule has 2 heterocycles. The summed E-state index contributed by atoms with van der Waals surface area (Å²) in [7, 11) is 0. The normalized spacial score (nSPS) is 11.6. The second-order valence-electron chi connectivity index (χ2n) is 11.4. The lowest BCUT2D eigenvalue weighted by Crippen LogP contribution is -2.09. The average Bonchev–Trinajstić information content (AvgIpc) is 3.65. The zero-order valence-electron chi connectivity index (χ0n) is 24.5. The van der Waals surface area contributed by atoms with Crippen LogP contribution in [0.15, 0.2) is 174 Å². The van der Waals surface area contributed by atoms with Crippen LogP contribution in [0.3, 0.4) is 0 Å². The summed E-state index contributed by atoms with van der Waals surface area (Å²) in [6.07, 6.45) is 0. The molecule has 0 saturated heterocycles. The molecule has 0 amide bonds. The van der Waals surface area contributed by atoms with Crippen LogP contribution in [-0.4, -0.2) is 4.57 Å². The first-order valence-electron chi connectivity index (χ1n) is 15.3. The second kappa shape index (κ2) is 10.3. The minimum Gasteiger partial charge on any atom is -0.456 e. The number of fused-ring (bicyclic) bond motifs is 6. The van der Waals surface area contributed by atoms with Crippen LogP contribution in [0.2, 0.25) is 0 Å². The van der Waals surface area contributed by atoms with E-state index in [4.69, 9.17) is 4.42 Å². The van der Waals surface area contributed by atoms with Crippen LogP contribution < -0.4 is 4.90 Å². The molecular weight excluding hydrogens is 548 g/mol. The second-order valence-corrected chi connectivity index (χ2v) is 11.4. The van der Waals surface area contributed by atoms with Crippen molar-refractivity contribution in [2.75, 3.05) is 4.90 Å². The number of aromatic nitrogens is 1. The molecular formula is C42H28N2O. The first kappa shape index (κ1) is 25.4. The van der Waals surface area contributed by atoms with Crippen molar-refractivity contribution in [1.82, 2.24) is 4.57 Å². The van der Waals surface area contributed by atoms with E-state index < -0.39 is 0 Å². The monoisotopic (exact) mass is 576 g/mol. The van der Waals surface area contributed by atoms with E-state index in [2.05, 4.69) is 167 Å². The summed E-state index contributed by atoms with van der Waals surface area (Å²) < 4.78 is 8.71. The van der Waals surface area contributed by atoms with Gasteiger partial charge in [-0.3, -0.25) is 0 Å². The first-order valence-corrected chi connectivity index (χ1v) is 15.3. The Balaban J connectivity index is 1.32. The van der Waals surface area contributed by atoms with Gasteiger partial charge in [-0.1, -0.05) is 97.1 Å². The van der Waals surface area contributed by atoms with Crippen LogP contribution in [0.4, 0.5) is 17.1 Å². The molecule has 0 aliphatic carbocycles. The Morgan fingerprint density at radius 2 is 1.09 bits per heavy atom. The van der Waals surface area contributed by atoms with Crippen molar-refractivity contribution >= 4 is 60.8 Å². The summed E-state index contributed by atoms with van der Waals surface area (Å²) in [5.74, 6) is 0. The van der Waals surface area contributed by atoms with Crippen molar-refractivity contribution in [3.63, 3.8) is 0 Å². The Bertz CT molecular complexity index is 2470. The molecule has 45 heavy (non-hydrogen) atoms. The summed E-state index contributed by atoms with van der Waals surface area (Å²) in [5.41, 5.74) is 10.9. The van der Waals surface area contributed by atoms with Gasteiger partial charge in [-0.25, -0.2) is 0 Å². The zero-order valence-corrected chi connectivity index (χ0v) is 24.5. The SMILES string of the molecule is c1ccc(-c2cccc3c2c2cc(N(c4ccccc4)c4ccc5c(c4)oc4ccccc45)ccc2n3-c2ccccc2)cc1. The number of furan rings is 1. The number of para-hydroxylation sites is 3. The van der Waals surface area contributed by atoms with Gasteiger partial charge in [-0.2, -0.15) is 0 Å². The molecule has 0 spiro atoms. The Morgan fingerprint density at radius 3 is 1.91 bits per heavy atom. The average molecular weight is 577 g/mol. The molecule has 0 radical (unpaired) electrons. The van der Waals surface area contributed by atoms with Gasteiger partial charge in [0.15, 0.2) is 0 Å². The molecule has 7 aromatic carbocycles. The number of hydrogen-bond donors (Lipinski definition) is 0. The lowest BCUT2D eigenvalue weighted by atomic mass is 9.99. The van der Waals surface area contributed by atoms with E-state index in [9.17, 15) is 0 Å². The summed E-state index contributed by atoms with van der Waals surface area (Å²) >= 11 is 0. The minimum absolute atomic E-state index is 0.878. The number of hydrogen-bond acceptors (Lipinski definition) is 2. The highest BCUT2D eigenvalue weighted by Gasteiger charge is 2.20. The third kappa shape index (κ3) is 4.13. The Labute approximate surface area is 260 Å². The van der Waals surface area contributed by atoms with Gasteiger partial charge >= 0.3 is 0 Å². The van der Waals surface area contributed by atoms with Gasteiger partial charge in [0, 0.05) is 50.4 Å². The highest BCUT2D eigenvalue weighted by Crippen LogP contribution is 2.43. The number of benzene rings is 7. The maximum atomic E-state index is 6.33. The number of anilines is 3. The fourth-order valence-corrected chi connectivity index (χ4v) is 6.79. The maximum Gasteiger partial charge on any atom is 0.137 e. The van der Waals surface area contributed by atoms with E-state index in [0.29, 0.717) is 0 Å². The van der Waals surface area contributed by atoms with Crippen LogP contribution in [0, 0.1) is 0 Å². The van der Waals surface area contributed by atoms with E-state index >= 15 is 0 Å². The largest absolute Gasteiger partial charge is 0.456 e. The van der Waals surface area contributed by atoms with Gasteiger partial charge in [-0.05, 0) is 77.9 Å². The molecule has 212 valence electrons. The third-order valence-corrected chi connectivity index (χ3v) is 8.77. The molecule has 0 fully saturated rings. The van der Waals surface area contributed by atoms with Crippen molar-refractivity contribution in [2.24, 2.45) is 0 Å². The topological polar surface area (TPSA) is 21.3 Å². The highest BCUT2D eigenvalue weighted by atomic mass is 16.3. The van der Waals surface area contributed by atoms with E-state index in [1.807, 2.05) is 12.1 Å².